The molecule has 0 saturated carbocycles. The lowest BCUT2D eigenvalue weighted by atomic mass is 10.0. The van der Waals surface area contributed by atoms with Crippen LogP contribution in [0.3, 0.4) is 0 Å². The van der Waals surface area contributed by atoms with E-state index < -0.39 is 0 Å². The topological polar surface area (TPSA) is 15.6 Å². The van der Waals surface area contributed by atoms with Crippen LogP contribution in [0.5, 0.6) is 0 Å². The van der Waals surface area contributed by atoms with Crippen LogP contribution in [-0.2, 0) is 0 Å². The Bertz CT molecular complexity index is 563. The third-order valence-corrected chi connectivity index (χ3v) is 2.77. The van der Waals surface area contributed by atoms with Crippen molar-refractivity contribution in [2.45, 2.75) is 0 Å². The van der Waals surface area contributed by atoms with E-state index in [0.717, 1.165) is 11.5 Å². The molecule has 1 aliphatic heterocycles. The molecule has 0 aliphatic carbocycles. The van der Waals surface area contributed by atoms with Crippen molar-refractivity contribution >= 4 is 22.3 Å². The van der Waals surface area contributed by atoms with Gasteiger partial charge in [0.25, 0.3) is 0 Å². The van der Waals surface area contributed by atoms with E-state index >= 15 is 0 Å². The summed E-state index contributed by atoms with van der Waals surface area (Å²) in [7, 11) is 4.06. The molecular formula is C13H12N2. The zero-order valence-electron chi connectivity index (χ0n) is 8.86. The van der Waals surface area contributed by atoms with Gasteiger partial charge < -0.3 is 4.90 Å². The minimum atomic E-state index is 1.06. The lowest BCUT2D eigenvalue weighted by Gasteiger charge is -2.12. The molecule has 0 radical (unpaired) electrons. The molecule has 0 aromatic heterocycles. The van der Waals surface area contributed by atoms with Gasteiger partial charge in [-0.1, -0.05) is 30.3 Å². The number of nitrogens with zero attached hydrogens (tertiary/aromatic N) is 2. The molecule has 0 N–H and O–H groups in total. The SMILES string of the molecule is CN(C)C1=Nc2cccc3cccc1c23. The van der Waals surface area contributed by atoms with Crippen LogP contribution in [0.15, 0.2) is 41.4 Å². The molecule has 2 aromatic rings. The molecule has 3 rings (SSSR count). The molecule has 0 saturated heterocycles. The Morgan fingerprint density at radius 1 is 1.00 bits per heavy atom. The molecule has 1 heterocycles. The van der Waals surface area contributed by atoms with Gasteiger partial charge in [-0.2, -0.15) is 0 Å². The van der Waals surface area contributed by atoms with Gasteiger partial charge in [0, 0.05) is 25.0 Å². The highest BCUT2D eigenvalue weighted by Gasteiger charge is 2.18. The fourth-order valence-corrected chi connectivity index (χ4v) is 2.12. The van der Waals surface area contributed by atoms with Crippen molar-refractivity contribution in [3.05, 3.63) is 42.0 Å². The van der Waals surface area contributed by atoms with Gasteiger partial charge >= 0.3 is 0 Å². The van der Waals surface area contributed by atoms with E-state index in [4.69, 9.17) is 0 Å². The number of aliphatic imine (C=N–C) groups is 1. The summed E-state index contributed by atoms with van der Waals surface area (Å²) in [5, 5.41) is 2.55. The summed E-state index contributed by atoms with van der Waals surface area (Å²) in [6.07, 6.45) is 0. The van der Waals surface area contributed by atoms with Gasteiger partial charge in [-0.3, -0.25) is 0 Å². The lowest BCUT2D eigenvalue weighted by molar-refractivity contribution is 0.626. The first-order chi connectivity index (χ1) is 7.27. The van der Waals surface area contributed by atoms with Gasteiger partial charge in [0.15, 0.2) is 0 Å². The van der Waals surface area contributed by atoms with E-state index in [1.165, 1.54) is 16.3 Å². The molecule has 15 heavy (non-hydrogen) atoms. The average molecular weight is 196 g/mol. The zero-order valence-corrected chi connectivity index (χ0v) is 8.86. The highest BCUT2D eigenvalue weighted by atomic mass is 15.1. The molecule has 0 atom stereocenters. The number of benzene rings is 2. The highest BCUT2D eigenvalue weighted by Crippen LogP contribution is 2.35. The van der Waals surface area contributed by atoms with Crippen LogP contribution in [-0.4, -0.2) is 24.8 Å². The van der Waals surface area contributed by atoms with E-state index in [-0.39, 0.29) is 0 Å². The van der Waals surface area contributed by atoms with Gasteiger partial charge in [0.2, 0.25) is 0 Å². The summed E-state index contributed by atoms with van der Waals surface area (Å²) in [6.45, 7) is 0. The number of rotatable bonds is 0. The monoisotopic (exact) mass is 196 g/mol. The van der Waals surface area contributed by atoms with E-state index in [1.54, 1.807) is 0 Å². The maximum atomic E-state index is 4.64. The molecule has 2 nitrogen and oxygen atoms in total. The van der Waals surface area contributed by atoms with Crippen LogP contribution in [0.4, 0.5) is 5.69 Å². The highest BCUT2D eigenvalue weighted by molar-refractivity contribution is 6.18. The fourth-order valence-electron chi connectivity index (χ4n) is 2.12. The molecule has 0 fully saturated rings. The zero-order chi connectivity index (χ0) is 10.4. The quantitative estimate of drug-likeness (QED) is 0.632. The van der Waals surface area contributed by atoms with Crippen molar-refractivity contribution in [2.24, 2.45) is 4.99 Å². The summed E-state index contributed by atoms with van der Waals surface area (Å²) in [5.74, 6) is 1.06. The molecule has 2 aromatic carbocycles. The number of amidine groups is 1. The molecule has 74 valence electrons. The van der Waals surface area contributed by atoms with Crippen LogP contribution >= 0.6 is 0 Å². The van der Waals surface area contributed by atoms with Crippen molar-refractivity contribution in [3.63, 3.8) is 0 Å². The van der Waals surface area contributed by atoms with Crippen LogP contribution in [0.2, 0.25) is 0 Å². The summed E-state index contributed by atoms with van der Waals surface area (Å²) >= 11 is 0. The smallest absolute Gasteiger partial charge is 0.136 e. The minimum absolute atomic E-state index is 1.06. The third kappa shape index (κ3) is 1.08. The summed E-state index contributed by atoms with van der Waals surface area (Å²) in [6, 6.07) is 12.6. The van der Waals surface area contributed by atoms with Crippen LogP contribution in [0.25, 0.3) is 10.8 Å². The van der Waals surface area contributed by atoms with Crippen molar-refractivity contribution in [3.8, 4) is 0 Å². The average Bonchev–Trinajstić information content (AvgIpc) is 2.61. The molecule has 0 spiro atoms. The normalized spacial score (nSPS) is 13.1. The van der Waals surface area contributed by atoms with Gasteiger partial charge in [-0.25, -0.2) is 4.99 Å². The van der Waals surface area contributed by atoms with Crippen LogP contribution in [0.1, 0.15) is 5.56 Å². The Morgan fingerprint density at radius 2 is 1.73 bits per heavy atom. The Morgan fingerprint density at radius 3 is 2.47 bits per heavy atom. The predicted octanol–water partition coefficient (Wildman–Crippen LogP) is 2.79. The van der Waals surface area contributed by atoms with Crippen LogP contribution in [0, 0.1) is 0 Å². The molecule has 2 heteroatoms. The standard InChI is InChI=1S/C13H12N2/c1-15(2)13-10-7-3-5-9-6-4-8-11(14-13)12(9)10/h3-8H,1-2H3. The Balaban J connectivity index is 2.40. The molecular weight excluding hydrogens is 184 g/mol. The molecule has 0 amide bonds. The molecule has 0 bridgehead atoms. The Kier molecular flexibility index (Phi) is 1.60. The lowest BCUT2D eigenvalue weighted by Crippen LogP contribution is -2.21. The molecule has 0 unspecified atom stereocenters. The summed E-state index contributed by atoms with van der Waals surface area (Å²) in [4.78, 5) is 6.70. The van der Waals surface area contributed by atoms with Gasteiger partial charge in [0.05, 0.1) is 5.69 Å². The van der Waals surface area contributed by atoms with Crippen molar-refractivity contribution in [1.29, 1.82) is 0 Å². The van der Waals surface area contributed by atoms with E-state index in [9.17, 15) is 0 Å². The predicted molar refractivity (Wildman–Crippen MR) is 63.8 cm³/mol. The van der Waals surface area contributed by atoms with Crippen molar-refractivity contribution < 1.29 is 0 Å². The summed E-state index contributed by atoms with van der Waals surface area (Å²) < 4.78 is 0. The minimum Gasteiger partial charge on any atom is -0.362 e. The van der Waals surface area contributed by atoms with Gasteiger partial charge in [-0.05, 0) is 11.5 Å². The van der Waals surface area contributed by atoms with Gasteiger partial charge in [-0.15, -0.1) is 0 Å². The van der Waals surface area contributed by atoms with Crippen LogP contribution < -0.4 is 0 Å². The van der Waals surface area contributed by atoms with Crippen molar-refractivity contribution in [1.82, 2.24) is 4.90 Å². The van der Waals surface area contributed by atoms with Crippen molar-refractivity contribution in [2.75, 3.05) is 14.1 Å². The third-order valence-electron chi connectivity index (χ3n) is 2.77. The maximum Gasteiger partial charge on any atom is 0.136 e. The summed E-state index contributed by atoms with van der Waals surface area (Å²) in [5.41, 5.74) is 2.33. The fraction of sp³-hybridized carbons (Fsp3) is 0.154. The second kappa shape index (κ2) is 2.83. The Hall–Kier alpha value is -1.83. The van der Waals surface area contributed by atoms with E-state index in [1.807, 2.05) is 14.1 Å². The first-order valence-corrected chi connectivity index (χ1v) is 5.05. The maximum absolute atomic E-state index is 4.64. The van der Waals surface area contributed by atoms with E-state index in [2.05, 4.69) is 46.3 Å². The first kappa shape index (κ1) is 8.48. The van der Waals surface area contributed by atoms with Gasteiger partial charge in [0.1, 0.15) is 5.84 Å². The van der Waals surface area contributed by atoms with E-state index in [0.29, 0.717) is 0 Å². The largest absolute Gasteiger partial charge is 0.362 e. The second-order valence-corrected chi connectivity index (χ2v) is 4.01. The Labute approximate surface area is 88.9 Å². The number of hydrogen-bond acceptors (Lipinski definition) is 2. The molecule has 1 aliphatic rings. The first-order valence-electron chi connectivity index (χ1n) is 5.05. The number of hydrogen-bond donors (Lipinski definition) is 0. The second-order valence-electron chi connectivity index (χ2n) is 4.01.